The number of thiophene rings is 1. The second kappa shape index (κ2) is 7.58. The van der Waals surface area contributed by atoms with Crippen molar-refractivity contribution in [2.45, 2.75) is 50.5 Å². The summed E-state index contributed by atoms with van der Waals surface area (Å²) in [6.45, 7) is 4.25. The van der Waals surface area contributed by atoms with Crippen molar-refractivity contribution >= 4 is 50.0 Å². The van der Waals surface area contributed by atoms with Crippen molar-refractivity contribution in [3.63, 3.8) is 0 Å². The Kier molecular flexibility index (Phi) is 4.92. The summed E-state index contributed by atoms with van der Waals surface area (Å²) in [5.74, 6) is 1.66. The number of rotatable bonds is 5. The first-order chi connectivity index (χ1) is 14.1. The molecule has 1 aromatic carbocycles. The van der Waals surface area contributed by atoms with E-state index in [0.717, 1.165) is 45.0 Å². The number of benzene rings is 1. The summed E-state index contributed by atoms with van der Waals surface area (Å²) in [5.41, 5.74) is 3.18. The summed E-state index contributed by atoms with van der Waals surface area (Å²) in [4.78, 5) is 28.5. The number of carbonyl (C=O) groups is 1. The molecule has 0 aliphatic heterocycles. The van der Waals surface area contributed by atoms with Crippen LogP contribution in [0.25, 0.3) is 21.1 Å². The fourth-order valence-electron chi connectivity index (χ4n) is 4.02. The molecule has 6 heteroatoms. The average molecular weight is 422 g/mol. The summed E-state index contributed by atoms with van der Waals surface area (Å²) in [6, 6.07) is 7.95. The normalized spacial score (nSPS) is 14.0. The molecule has 1 aliphatic rings. The van der Waals surface area contributed by atoms with Crippen LogP contribution in [0.2, 0.25) is 0 Å². The molecule has 0 saturated heterocycles. The highest BCUT2D eigenvalue weighted by atomic mass is 32.2. The molecule has 0 fully saturated rings. The number of hydrogen-bond acceptors (Lipinski definition) is 5. The molecule has 3 aromatic heterocycles. The fraction of sp³-hybridized carbons (Fsp3) is 0.348. The molecule has 29 heavy (non-hydrogen) atoms. The maximum atomic E-state index is 13.0. The Labute approximate surface area is 178 Å². The van der Waals surface area contributed by atoms with Gasteiger partial charge in [-0.2, -0.15) is 0 Å². The lowest BCUT2D eigenvalue weighted by Crippen LogP contribution is -2.05. The minimum absolute atomic E-state index is 0.134. The Bertz CT molecular complexity index is 1220. The summed E-state index contributed by atoms with van der Waals surface area (Å²) < 4.78 is 0. The van der Waals surface area contributed by atoms with E-state index in [4.69, 9.17) is 9.97 Å². The Hall–Kier alpha value is -2.18. The van der Waals surface area contributed by atoms with Gasteiger partial charge in [0.05, 0.1) is 5.75 Å². The van der Waals surface area contributed by atoms with Gasteiger partial charge >= 0.3 is 0 Å². The molecular formula is C23H23N3OS2. The zero-order valence-electron chi connectivity index (χ0n) is 16.6. The minimum Gasteiger partial charge on any atom is -0.360 e. The Morgan fingerprint density at radius 1 is 1.21 bits per heavy atom. The molecule has 0 atom stereocenters. The van der Waals surface area contributed by atoms with Gasteiger partial charge < -0.3 is 4.98 Å². The maximum Gasteiger partial charge on any atom is 0.175 e. The van der Waals surface area contributed by atoms with E-state index in [1.54, 1.807) is 11.8 Å². The van der Waals surface area contributed by atoms with Crippen molar-refractivity contribution in [2.75, 3.05) is 5.75 Å². The third-order valence-electron chi connectivity index (χ3n) is 5.54. The van der Waals surface area contributed by atoms with Crippen molar-refractivity contribution in [2.24, 2.45) is 0 Å². The Balaban J connectivity index is 1.50. The standard InChI is InChI=1S/C23H23N3OS2/c1-13(2)21-25-22(20-15-8-4-6-10-19(15)29-23(20)26-21)28-12-18(27)16-11-24-17-9-5-3-7-14(16)17/h3,5,7,9,11,13,24H,4,6,8,10,12H2,1-2H3. The Morgan fingerprint density at radius 2 is 2.03 bits per heavy atom. The molecule has 4 nitrogen and oxygen atoms in total. The lowest BCUT2D eigenvalue weighted by molar-refractivity contribution is 0.102. The van der Waals surface area contributed by atoms with Gasteiger partial charge in [-0.05, 0) is 37.3 Å². The van der Waals surface area contributed by atoms with Crippen molar-refractivity contribution in [3.8, 4) is 0 Å². The van der Waals surface area contributed by atoms with Gasteiger partial charge in [0.15, 0.2) is 5.78 Å². The molecule has 3 heterocycles. The highest BCUT2D eigenvalue weighted by Crippen LogP contribution is 2.40. The smallest absolute Gasteiger partial charge is 0.175 e. The van der Waals surface area contributed by atoms with Crippen molar-refractivity contribution < 1.29 is 4.79 Å². The lowest BCUT2D eigenvalue weighted by atomic mass is 9.97. The molecule has 0 saturated carbocycles. The molecule has 0 amide bonds. The predicted molar refractivity (Wildman–Crippen MR) is 121 cm³/mol. The number of nitrogens with zero attached hydrogens (tertiary/aromatic N) is 2. The molecule has 4 aromatic rings. The van der Waals surface area contributed by atoms with E-state index in [1.807, 2.05) is 41.8 Å². The first-order valence-corrected chi connectivity index (χ1v) is 12.0. The third-order valence-corrected chi connectivity index (χ3v) is 7.71. The number of para-hydroxylation sites is 1. The molecule has 1 aliphatic carbocycles. The number of aryl methyl sites for hydroxylation is 2. The van der Waals surface area contributed by atoms with Gasteiger partial charge in [-0.15, -0.1) is 11.3 Å². The van der Waals surface area contributed by atoms with E-state index < -0.39 is 0 Å². The second-order valence-electron chi connectivity index (χ2n) is 7.89. The van der Waals surface area contributed by atoms with Crippen LogP contribution in [-0.2, 0) is 12.8 Å². The van der Waals surface area contributed by atoms with Gasteiger partial charge in [-0.3, -0.25) is 4.79 Å². The van der Waals surface area contributed by atoms with Crippen LogP contribution in [0.4, 0.5) is 0 Å². The second-order valence-corrected chi connectivity index (χ2v) is 9.94. The van der Waals surface area contributed by atoms with Crippen LogP contribution in [-0.4, -0.2) is 26.5 Å². The first kappa shape index (κ1) is 18.8. The number of H-pyrrole nitrogens is 1. The van der Waals surface area contributed by atoms with E-state index in [1.165, 1.54) is 28.7 Å². The van der Waals surface area contributed by atoms with Crippen molar-refractivity contribution in [1.29, 1.82) is 0 Å². The van der Waals surface area contributed by atoms with E-state index in [2.05, 4.69) is 18.8 Å². The highest BCUT2D eigenvalue weighted by Gasteiger charge is 2.23. The number of hydrogen-bond donors (Lipinski definition) is 1. The fourth-order valence-corrected chi connectivity index (χ4v) is 6.29. The van der Waals surface area contributed by atoms with Crippen LogP contribution < -0.4 is 0 Å². The van der Waals surface area contributed by atoms with Crippen molar-refractivity contribution in [1.82, 2.24) is 15.0 Å². The molecule has 5 rings (SSSR count). The number of aromatic nitrogens is 3. The number of ketones is 1. The number of aromatic amines is 1. The monoisotopic (exact) mass is 421 g/mol. The molecule has 0 bridgehead atoms. The molecule has 1 N–H and O–H groups in total. The average Bonchev–Trinajstić information content (AvgIpc) is 3.33. The van der Waals surface area contributed by atoms with Gasteiger partial charge in [0.1, 0.15) is 15.7 Å². The van der Waals surface area contributed by atoms with E-state index in [0.29, 0.717) is 5.75 Å². The van der Waals surface area contributed by atoms with E-state index in [9.17, 15) is 4.79 Å². The van der Waals surface area contributed by atoms with Gasteiger partial charge in [0, 0.05) is 38.8 Å². The SMILES string of the molecule is CC(C)c1nc(SCC(=O)c2c[nH]c3ccccc23)c2c3c(sc2n1)CCCC3. The molecule has 0 unspecified atom stereocenters. The van der Waals surface area contributed by atoms with Crippen LogP contribution in [0.1, 0.15) is 59.2 Å². The molecule has 148 valence electrons. The zero-order chi connectivity index (χ0) is 20.0. The van der Waals surface area contributed by atoms with Crippen LogP contribution in [0.15, 0.2) is 35.5 Å². The van der Waals surface area contributed by atoms with Crippen molar-refractivity contribution in [3.05, 3.63) is 52.3 Å². The predicted octanol–water partition coefficient (Wildman–Crippen LogP) is 6.15. The molecule has 0 radical (unpaired) electrons. The van der Waals surface area contributed by atoms with Gasteiger partial charge in [0.2, 0.25) is 0 Å². The summed E-state index contributed by atoms with van der Waals surface area (Å²) in [7, 11) is 0. The molecule has 0 spiro atoms. The summed E-state index contributed by atoms with van der Waals surface area (Å²) in [5, 5.41) is 3.17. The van der Waals surface area contributed by atoms with Crippen LogP contribution >= 0.6 is 23.1 Å². The minimum atomic E-state index is 0.134. The van der Waals surface area contributed by atoms with E-state index >= 15 is 0 Å². The summed E-state index contributed by atoms with van der Waals surface area (Å²) in [6.07, 6.45) is 6.56. The maximum absolute atomic E-state index is 13.0. The number of thioether (sulfide) groups is 1. The number of fused-ring (bicyclic) bond motifs is 4. The Morgan fingerprint density at radius 3 is 2.90 bits per heavy atom. The third kappa shape index (κ3) is 3.38. The number of nitrogens with one attached hydrogen (secondary N) is 1. The van der Waals surface area contributed by atoms with Gasteiger partial charge in [0.25, 0.3) is 0 Å². The van der Waals surface area contributed by atoms with Crippen LogP contribution in [0, 0.1) is 0 Å². The molecular weight excluding hydrogens is 398 g/mol. The summed E-state index contributed by atoms with van der Waals surface area (Å²) >= 11 is 3.39. The van der Waals surface area contributed by atoms with Gasteiger partial charge in [-0.25, -0.2) is 9.97 Å². The number of Topliss-reactive ketones (excluding diaryl/α,β-unsaturated/α-hetero) is 1. The van der Waals surface area contributed by atoms with E-state index in [-0.39, 0.29) is 11.7 Å². The van der Waals surface area contributed by atoms with Crippen LogP contribution in [0.3, 0.4) is 0 Å². The first-order valence-electron chi connectivity index (χ1n) is 10.2. The zero-order valence-corrected chi connectivity index (χ0v) is 18.3. The lowest BCUT2D eigenvalue weighted by Gasteiger charge is -2.12. The number of carbonyl (C=O) groups excluding carboxylic acids is 1. The van der Waals surface area contributed by atoms with Crippen LogP contribution in [0.5, 0.6) is 0 Å². The largest absolute Gasteiger partial charge is 0.360 e. The topological polar surface area (TPSA) is 58.6 Å². The van der Waals surface area contributed by atoms with Gasteiger partial charge in [-0.1, -0.05) is 43.8 Å². The quantitative estimate of drug-likeness (QED) is 0.238. The highest BCUT2D eigenvalue weighted by molar-refractivity contribution is 8.00.